The molecule has 0 unspecified atom stereocenters. The molecule has 7 nitrogen and oxygen atoms in total. The molecule has 2 aromatic carbocycles. The summed E-state index contributed by atoms with van der Waals surface area (Å²) in [7, 11) is 1.90. The van der Waals surface area contributed by atoms with Gasteiger partial charge >= 0.3 is 0 Å². The highest BCUT2D eigenvalue weighted by Gasteiger charge is 2.24. The van der Waals surface area contributed by atoms with Crippen molar-refractivity contribution in [2.24, 2.45) is 0 Å². The second-order valence-electron chi connectivity index (χ2n) is 7.10. The molecule has 2 heterocycles. The summed E-state index contributed by atoms with van der Waals surface area (Å²) >= 11 is 0.884. The standard InChI is InChI=1S/C24H20FN3O4S/c1-28(22-15-20(10-11-26-22)32-19-8-4-17(25)5-9-19)12-13-31-18-6-2-16(3-7-18)14-21-23(29)27-24(30)33-21/h2-11,14-15H,12-13H2,1H3,(H,27,29,30)/b21-14-. The summed E-state index contributed by atoms with van der Waals surface area (Å²) in [6.45, 7) is 1.01. The molecule has 1 fully saturated rings. The van der Waals surface area contributed by atoms with Gasteiger partial charge < -0.3 is 14.4 Å². The number of nitrogens with one attached hydrogen (secondary N) is 1. The van der Waals surface area contributed by atoms with Gasteiger partial charge in [0.2, 0.25) is 0 Å². The van der Waals surface area contributed by atoms with E-state index in [-0.39, 0.29) is 17.0 Å². The zero-order chi connectivity index (χ0) is 23.2. The van der Waals surface area contributed by atoms with E-state index in [1.165, 1.54) is 12.1 Å². The number of pyridine rings is 1. The highest BCUT2D eigenvalue weighted by molar-refractivity contribution is 8.18. The Morgan fingerprint density at radius 2 is 1.76 bits per heavy atom. The summed E-state index contributed by atoms with van der Waals surface area (Å²) in [6.07, 6.45) is 3.31. The molecule has 1 saturated heterocycles. The van der Waals surface area contributed by atoms with Crippen molar-refractivity contribution < 1.29 is 23.5 Å². The Bertz CT molecular complexity index is 1180. The van der Waals surface area contributed by atoms with Crippen LogP contribution in [0.3, 0.4) is 0 Å². The fraction of sp³-hybridized carbons (Fsp3) is 0.125. The predicted octanol–water partition coefficient (Wildman–Crippen LogP) is 4.85. The Morgan fingerprint density at radius 1 is 1.03 bits per heavy atom. The van der Waals surface area contributed by atoms with E-state index in [0.29, 0.717) is 41.1 Å². The Kier molecular flexibility index (Phi) is 6.89. The zero-order valence-electron chi connectivity index (χ0n) is 17.7. The van der Waals surface area contributed by atoms with E-state index in [1.54, 1.807) is 48.7 Å². The van der Waals surface area contributed by atoms with Crippen molar-refractivity contribution in [3.05, 3.63) is 83.1 Å². The van der Waals surface area contributed by atoms with Gasteiger partial charge in [-0.1, -0.05) is 12.1 Å². The van der Waals surface area contributed by atoms with E-state index in [0.717, 1.165) is 17.3 Å². The van der Waals surface area contributed by atoms with E-state index >= 15 is 0 Å². The van der Waals surface area contributed by atoms with Gasteiger partial charge in [-0.3, -0.25) is 14.9 Å². The Hall–Kier alpha value is -3.85. The van der Waals surface area contributed by atoms with Crippen molar-refractivity contribution in [3.63, 3.8) is 0 Å². The van der Waals surface area contributed by atoms with Crippen molar-refractivity contribution >= 4 is 34.8 Å². The molecule has 0 saturated carbocycles. The van der Waals surface area contributed by atoms with Gasteiger partial charge in [-0.15, -0.1) is 0 Å². The van der Waals surface area contributed by atoms with Crippen LogP contribution >= 0.6 is 11.8 Å². The normalized spacial score (nSPS) is 14.3. The van der Waals surface area contributed by atoms with Crippen LogP contribution in [0, 0.1) is 5.82 Å². The first-order chi connectivity index (χ1) is 16.0. The van der Waals surface area contributed by atoms with Gasteiger partial charge in [-0.2, -0.15) is 0 Å². The molecule has 1 aliphatic rings. The lowest BCUT2D eigenvalue weighted by atomic mass is 10.2. The number of benzene rings is 2. The van der Waals surface area contributed by atoms with Crippen molar-refractivity contribution in [2.75, 3.05) is 25.1 Å². The number of carbonyl (C=O) groups excluding carboxylic acids is 2. The number of thioether (sulfide) groups is 1. The van der Waals surface area contributed by atoms with Crippen LogP contribution < -0.4 is 19.7 Å². The van der Waals surface area contributed by atoms with Gasteiger partial charge in [0.1, 0.15) is 35.5 Å². The first kappa shape index (κ1) is 22.3. The minimum atomic E-state index is -0.380. The number of amides is 2. The molecule has 1 N–H and O–H groups in total. The monoisotopic (exact) mass is 465 g/mol. The molecular formula is C24H20FN3O4S. The van der Waals surface area contributed by atoms with E-state index in [9.17, 15) is 14.0 Å². The number of carbonyl (C=O) groups is 2. The maximum Gasteiger partial charge on any atom is 0.290 e. The Balaban J connectivity index is 1.29. The van der Waals surface area contributed by atoms with Crippen LogP contribution in [0.5, 0.6) is 17.2 Å². The quantitative estimate of drug-likeness (QED) is 0.476. The fourth-order valence-corrected chi connectivity index (χ4v) is 3.64. The molecule has 1 aliphatic heterocycles. The molecule has 0 bridgehead atoms. The maximum atomic E-state index is 13.1. The van der Waals surface area contributed by atoms with Crippen molar-refractivity contribution in [1.82, 2.24) is 10.3 Å². The van der Waals surface area contributed by atoms with Crippen LogP contribution in [0.15, 0.2) is 71.8 Å². The highest BCUT2D eigenvalue weighted by Crippen LogP contribution is 2.26. The summed E-state index contributed by atoms with van der Waals surface area (Å²) in [5.74, 6) is 1.83. The van der Waals surface area contributed by atoms with Crippen molar-refractivity contribution in [2.45, 2.75) is 0 Å². The van der Waals surface area contributed by atoms with Gasteiger partial charge in [0, 0.05) is 19.3 Å². The number of aromatic nitrogens is 1. The summed E-state index contributed by atoms with van der Waals surface area (Å²) in [5, 5.41) is 1.87. The second kappa shape index (κ2) is 10.2. The average Bonchev–Trinajstić information content (AvgIpc) is 3.13. The Labute approximate surface area is 194 Å². The number of nitrogens with zero attached hydrogens (tertiary/aromatic N) is 2. The first-order valence-corrected chi connectivity index (χ1v) is 10.9. The molecule has 33 heavy (non-hydrogen) atoms. The summed E-state index contributed by atoms with van der Waals surface area (Å²) < 4.78 is 24.6. The Morgan fingerprint density at radius 3 is 2.45 bits per heavy atom. The lowest BCUT2D eigenvalue weighted by Crippen LogP contribution is -2.24. The third kappa shape index (κ3) is 6.11. The van der Waals surface area contributed by atoms with Crippen LogP contribution in [0.1, 0.15) is 5.56 Å². The topological polar surface area (TPSA) is 80.8 Å². The number of halogens is 1. The van der Waals surface area contributed by atoms with Gasteiger partial charge in [-0.25, -0.2) is 9.37 Å². The fourth-order valence-electron chi connectivity index (χ4n) is 2.96. The molecule has 4 rings (SSSR count). The molecular weight excluding hydrogens is 445 g/mol. The van der Waals surface area contributed by atoms with Gasteiger partial charge in [0.15, 0.2) is 0 Å². The SMILES string of the molecule is CN(CCOc1ccc(/C=C2\SC(=O)NC2=O)cc1)c1cc(Oc2ccc(F)cc2)ccn1. The minimum absolute atomic E-state index is 0.319. The van der Waals surface area contributed by atoms with Crippen LogP contribution in [-0.4, -0.2) is 36.3 Å². The zero-order valence-corrected chi connectivity index (χ0v) is 18.5. The van der Waals surface area contributed by atoms with Gasteiger partial charge in [0.05, 0.1) is 11.4 Å². The average molecular weight is 466 g/mol. The molecule has 9 heteroatoms. The number of anilines is 1. The van der Waals surface area contributed by atoms with Crippen LogP contribution in [-0.2, 0) is 4.79 Å². The molecule has 3 aromatic rings. The molecule has 0 atom stereocenters. The number of likely N-dealkylation sites (N-methyl/N-ethyl adjacent to an activating group) is 1. The molecule has 1 aromatic heterocycles. The summed E-state index contributed by atoms with van der Waals surface area (Å²) in [5.41, 5.74) is 0.800. The second-order valence-corrected chi connectivity index (χ2v) is 8.11. The summed E-state index contributed by atoms with van der Waals surface area (Å²) in [4.78, 5) is 29.5. The number of ether oxygens (including phenoxy) is 2. The predicted molar refractivity (Wildman–Crippen MR) is 125 cm³/mol. The largest absolute Gasteiger partial charge is 0.492 e. The first-order valence-electron chi connectivity index (χ1n) is 10.0. The van der Waals surface area contributed by atoms with Gasteiger partial charge in [-0.05, 0) is 65.9 Å². The number of imide groups is 1. The van der Waals surface area contributed by atoms with Crippen molar-refractivity contribution in [3.8, 4) is 17.2 Å². The van der Waals surface area contributed by atoms with E-state index in [2.05, 4.69) is 10.3 Å². The van der Waals surface area contributed by atoms with E-state index in [4.69, 9.17) is 9.47 Å². The molecule has 168 valence electrons. The maximum absolute atomic E-state index is 13.1. The molecule has 0 aliphatic carbocycles. The number of hydrogen-bond donors (Lipinski definition) is 1. The van der Waals surface area contributed by atoms with Crippen molar-refractivity contribution in [1.29, 1.82) is 0 Å². The van der Waals surface area contributed by atoms with Gasteiger partial charge in [0.25, 0.3) is 11.1 Å². The minimum Gasteiger partial charge on any atom is -0.492 e. The molecule has 0 radical (unpaired) electrons. The van der Waals surface area contributed by atoms with Crippen LogP contribution in [0.4, 0.5) is 15.0 Å². The smallest absolute Gasteiger partial charge is 0.290 e. The lowest BCUT2D eigenvalue weighted by molar-refractivity contribution is -0.115. The third-order valence-electron chi connectivity index (χ3n) is 4.67. The third-order valence-corrected chi connectivity index (χ3v) is 5.48. The summed E-state index contributed by atoms with van der Waals surface area (Å²) in [6, 6.07) is 16.6. The van der Waals surface area contributed by atoms with Crippen LogP contribution in [0.2, 0.25) is 0 Å². The van der Waals surface area contributed by atoms with E-state index < -0.39 is 0 Å². The molecule has 2 amide bonds. The number of rotatable bonds is 8. The number of hydrogen-bond acceptors (Lipinski definition) is 7. The molecule has 0 spiro atoms. The lowest BCUT2D eigenvalue weighted by Gasteiger charge is -2.19. The van der Waals surface area contributed by atoms with E-state index in [1.807, 2.05) is 24.1 Å². The van der Waals surface area contributed by atoms with Crippen LogP contribution in [0.25, 0.3) is 6.08 Å². The highest BCUT2D eigenvalue weighted by atomic mass is 32.2.